The molecule has 4 heterocycles. The van der Waals surface area contributed by atoms with Crippen molar-refractivity contribution in [2.75, 3.05) is 59.0 Å². The number of hydrogen-bond donors (Lipinski definition) is 1. The van der Waals surface area contributed by atoms with E-state index in [2.05, 4.69) is 4.90 Å². The van der Waals surface area contributed by atoms with Crippen LogP contribution >= 0.6 is 0 Å². The van der Waals surface area contributed by atoms with Crippen LogP contribution in [0.5, 0.6) is 0 Å². The maximum Gasteiger partial charge on any atom is 0.254 e. The summed E-state index contributed by atoms with van der Waals surface area (Å²) in [5, 5.41) is 9.04. The van der Waals surface area contributed by atoms with Crippen molar-refractivity contribution in [3.8, 4) is 22.5 Å². The molecule has 0 radical (unpaired) electrons. The Morgan fingerprint density at radius 1 is 0.667 bits per heavy atom. The molecule has 9 nitrogen and oxygen atoms in total. The van der Waals surface area contributed by atoms with Crippen molar-refractivity contribution in [2.45, 2.75) is 38.1 Å². The topological polar surface area (TPSA) is 97.3 Å². The Bertz CT molecular complexity index is 1400. The van der Waals surface area contributed by atoms with Gasteiger partial charge in [-0.15, -0.1) is 0 Å². The first-order valence-corrected chi connectivity index (χ1v) is 16.3. The van der Waals surface area contributed by atoms with E-state index in [4.69, 9.17) is 10.1 Å². The number of piperidine rings is 2. The summed E-state index contributed by atoms with van der Waals surface area (Å²) >= 11 is 0. The zero-order valence-corrected chi connectivity index (χ0v) is 25.9. The Hall–Kier alpha value is -4.08. The zero-order valence-electron chi connectivity index (χ0n) is 25.9. The van der Waals surface area contributed by atoms with E-state index >= 15 is 0 Å². The Morgan fingerprint density at radius 2 is 1.20 bits per heavy atom. The standard InChI is InChI=1S/C36H43N5O4/c42-24-15-34(43)39-16-11-29(12-17-39)35(44)40-18-13-31(14-19-40)38-20-22-41(23-21-38)36(45)30-25-32(27-7-3-1-4-8-27)37-33(26-30)28-9-5-2-6-10-28/h1-10,25-26,29,31,42H,11-24H2. The number of aromatic nitrogens is 1. The maximum absolute atomic E-state index is 13.8. The molecule has 3 aliphatic heterocycles. The third-order valence-corrected chi connectivity index (χ3v) is 9.63. The van der Waals surface area contributed by atoms with Gasteiger partial charge in [0.25, 0.3) is 5.91 Å². The first kappa shape index (κ1) is 30.9. The van der Waals surface area contributed by atoms with Gasteiger partial charge in [0.1, 0.15) is 0 Å². The molecule has 0 spiro atoms. The summed E-state index contributed by atoms with van der Waals surface area (Å²) in [6, 6.07) is 24.3. The smallest absolute Gasteiger partial charge is 0.254 e. The number of rotatable bonds is 7. The minimum Gasteiger partial charge on any atom is -0.396 e. The fraction of sp³-hybridized carbons (Fsp3) is 0.444. The highest BCUT2D eigenvalue weighted by molar-refractivity contribution is 5.96. The third kappa shape index (κ3) is 7.26. The predicted octanol–water partition coefficient (Wildman–Crippen LogP) is 3.79. The molecule has 236 valence electrons. The molecule has 3 saturated heterocycles. The van der Waals surface area contributed by atoms with Crippen LogP contribution in [0, 0.1) is 5.92 Å². The minimum atomic E-state index is -0.131. The van der Waals surface area contributed by atoms with Gasteiger partial charge in [-0.05, 0) is 37.8 Å². The van der Waals surface area contributed by atoms with Crippen LogP contribution in [0.2, 0.25) is 0 Å². The number of aliphatic hydroxyl groups excluding tert-OH is 1. The van der Waals surface area contributed by atoms with E-state index in [9.17, 15) is 14.4 Å². The van der Waals surface area contributed by atoms with Gasteiger partial charge in [0.2, 0.25) is 11.8 Å². The van der Waals surface area contributed by atoms with E-state index in [-0.39, 0.29) is 36.7 Å². The Kier molecular flexibility index (Phi) is 9.86. The van der Waals surface area contributed by atoms with E-state index < -0.39 is 0 Å². The molecule has 45 heavy (non-hydrogen) atoms. The molecule has 0 aliphatic carbocycles. The number of benzene rings is 2. The summed E-state index contributed by atoms with van der Waals surface area (Å²) in [4.78, 5) is 52.3. The van der Waals surface area contributed by atoms with E-state index in [1.54, 1.807) is 4.90 Å². The monoisotopic (exact) mass is 609 g/mol. The van der Waals surface area contributed by atoms with E-state index in [0.717, 1.165) is 61.5 Å². The number of piperazine rings is 1. The second-order valence-corrected chi connectivity index (χ2v) is 12.4. The van der Waals surface area contributed by atoms with Gasteiger partial charge in [0.15, 0.2) is 0 Å². The Labute approximate surface area is 265 Å². The number of nitrogens with zero attached hydrogens (tertiary/aromatic N) is 5. The molecule has 3 aliphatic rings. The average Bonchev–Trinajstić information content (AvgIpc) is 3.12. The Morgan fingerprint density at radius 3 is 1.73 bits per heavy atom. The van der Waals surface area contributed by atoms with Crippen molar-refractivity contribution >= 4 is 17.7 Å². The van der Waals surface area contributed by atoms with Gasteiger partial charge in [-0.3, -0.25) is 19.3 Å². The third-order valence-electron chi connectivity index (χ3n) is 9.63. The number of pyridine rings is 1. The molecule has 3 amide bonds. The zero-order chi connectivity index (χ0) is 31.2. The second kappa shape index (κ2) is 14.3. The van der Waals surface area contributed by atoms with Crippen LogP contribution in [0.1, 0.15) is 42.5 Å². The molecule has 3 fully saturated rings. The normalized spacial score (nSPS) is 18.6. The largest absolute Gasteiger partial charge is 0.396 e. The highest BCUT2D eigenvalue weighted by Gasteiger charge is 2.34. The summed E-state index contributed by atoms with van der Waals surface area (Å²) in [5.74, 6) is 0.212. The van der Waals surface area contributed by atoms with Crippen LogP contribution in [0.25, 0.3) is 22.5 Å². The number of hydrogen-bond acceptors (Lipinski definition) is 6. The number of amides is 3. The van der Waals surface area contributed by atoms with Gasteiger partial charge in [-0.25, -0.2) is 4.98 Å². The lowest BCUT2D eigenvalue weighted by Gasteiger charge is -2.43. The second-order valence-electron chi connectivity index (χ2n) is 12.4. The minimum absolute atomic E-state index is 0.0210. The molecular weight excluding hydrogens is 566 g/mol. The summed E-state index contributed by atoms with van der Waals surface area (Å²) in [7, 11) is 0. The number of carbonyl (C=O) groups is 3. The SMILES string of the molecule is O=C(CCO)N1CCC(C(=O)N2CCC(N3CCN(C(=O)c4cc(-c5ccccc5)nc(-c5ccccc5)c4)CC3)CC2)CC1. The van der Waals surface area contributed by atoms with Crippen LogP contribution in [-0.4, -0.2) is 112 Å². The molecule has 0 saturated carbocycles. The average molecular weight is 610 g/mol. The lowest BCUT2D eigenvalue weighted by atomic mass is 9.93. The first-order valence-electron chi connectivity index (χ1n) is 16.3. The van der Waals surface area contributed by atoms with Crippen LogP contribution in [0.15, 0.2) is 72.8 Å². The molecular formula is C36H43N5O4. The van der Waals surface area contributed by atoms with Gasteiger partial charge in [-0.1, -0.05) is 60.7 Å². The molecule has 0 bridgehead atoms. The maximum atomic E-state index is 13.8. The van der Waals surface area contributed by atoms with E-state index in [1.807, 2.05) is 82.6 Å². The van der Waals surface area contributed by atoms with Crippen LogP contribution in [0.4, 0.5) is 0 Å². The van der Waals surface area contributed by atoms with E-state index in [1.165, 1.54) is 0 Å². The van der Waals surface area contributed by atoms with Crippen LogP contribution in [0.3, 0.4) is 0 Å². The van der Waals surface area contributed by atoms with Crippen LogP contribution in [-0.2, 0) is 9.59 Å². The number of aliphatic hydroxyl groups is 1. The molecule has 3 aromatic rings. The fourth-order valence-corrected chi connectivity index (χ4v) is 6.98. The highest BCUT2D eigenvalue weighted by atomic mass is 16.3. The van der Waals surface area contributed by atoms with Crippen molar-refractivity contribution < 1.29 is 19.5 Å². The summed E-state index contributed by atoms with van der Waals surface area (Å²) in [5.41, 5.74) is 4.21. The van der Waals surface area contributed by atoms with Gasteiger partial charge in [-0.2, -0.15) is 0 Å². The first-order chi connectivity index (χ1) is 22.0. The van der Waals surface area contributed by atoms with Gasteiger partial charge in [0.05, 0.1) is 18.0 Å². The summed E-state index contributed by atoms with van der Waals surface area (Å²) < 4.78 is 0. The fourth-order valence-electron chi connectivity index (χ4n) is 6.98. The quantitative estimate of drug-likeness (QED) is 0.438. The molecule has 2 aromatic carbocycles. The predicted molar refractivity (Wildman–Crippen MR) is 173 cm³/mol. The van der Waals surface area contributed by atoms with Gasteiger partial charge >= 0.3 is 0 Å². The van der Waals surface area contributed by atoms with Crippen molar-refractivity contribution in [3.05, 3.63) is 78.4 Å². The van der Waals surface area contributed by atoms with Crippen LogP contribution < -0.4 is 0 Å². The molecule has 1 N–H and O–H groups in total. The summed E-state index contributed by atoms with van der Waals surface area (Å²) in [6.45, 7) is 5.57. The lowest BCUT2D eigenvalue weighted by molar-refractivity contribution is -0.142. The van der Waals surface area contributed by atoms with Gasteiger partial charge < -0.3 is 19.8 Å². The number of likely N-dealkylation sites (tertiary alicyclic amines) is 2. The van der Waals surface area contributed by atoms with Gasteiger partial charge in [0, 0.05) is 87.4 Å². The highest BCUT2D eigenvalue weighted by Crippen LogP contribution is 2.27. The Balaban J connectivity index is 1.03. The molecule has 1 aromatic heterocycles. The molecule has 0 atom stereocenters. The lowest BCUT2D eigenvalue weighted by Crippen LogP contribution is -2.55. The van der Waals surface area contributed by atoms with Crippen molar-refractivity contribution in [1.82, 2.24) is 24.6 Å². The van der Waals surface area contributed by atoms with E-state index in [0.29, 0.717) is 50.6 Å². The molecule has 9 heteroatoms. The molecule has 6 rings (SSSR count). The van der Waals surface area contributed by atoms with Crippen molar-refractivity contribution in [2.24, 2.45) is 5.92 Å². The molecule has 0 unspecified atom stereocenters. The van der Waals surface area contributed by atoms with Crippen molar-refractivity contribution in [1.29, 1.82) is 0 Å². The summed E-state index contributed by atoms with van der Waals surface area (Å²) in [6.07, 6.45) is 3.44. The number of carbonyl (C=O) groups excluding carboxylic acids is 3. The van der Waals surface area contributed by atoms with Crippen molar-refractivity contribution in [3.63, 3.8) is 0 Å².